The van der Waals surface area contributed by atoms with E-state index in [0.29, 0.717) is 17.0 Å². The Hall–Kier alpha value is -3.42. The van der Waals surface area contributed by atoms with Gasteiger partial charge in [0.1, 0.15) is 5.75 Å². The summed E-state index contributed by atoms with van der Waals surface area (Å²) in [6.45, 7) is 1.18. The highest BCUT2D eigenvalue weighted by atomic mass is 16.6. The van der Waals surface area contributed by atoms with E-state index in [9.17, 15) is 19.7 Å². The molecule has 140 valence electrons. The number of hydrogen-bond acceptors (Lipinski definition) is 5. The number of nitro groups is 1. The molecule has 0 saturated carbocycles. The van der Waals surface area contributed by atoms with Crippen LogP contribution < -0.4 is 10.1 Å². The lowest BCUT2D eigenvalue weighted by atomic mass is 10.1. The minimum Gasteiger partial charge on any atom is -0.484 e. The number of ether oxygens (including phenoxy) is 1. The molecular weight excluding hydrogens is 350 g/mol. The second-order valence-corrected chi connectivity index (χ2v) is 6.13. The molecule has 2 aromatic rings. The summed E-state index contributed by atoms with van der Waals surface area (Å²) in [6.07, 6.45) is 1.98. The highest BCUT2D eigenvalue weighted by molar-refractivity contribution is 6.04. The summed E-state index contributed by atoms with van der Waals surface area (Å²) in [4.78, 5) is 36.7. The largest absolute Gasteiger partial charge is 0.484 e. The molecule has 0 atom stereocenters. The highest BCUT2D eigenvalue weighted by Gasteiger charge is 2.22. The normalized spacial score (nSPS) is 13.3. The standard InChI is InChI=1S/C19H19N3O5/c23-18(13-27-15-9-7-14(8-10-15)22(25)26)20-17-6-2-1-5-16(17)19(24)21-11-3-4-12-21/h1-2,5-10H,3-4,11-13H2,(H,20,23). The Morgan fingerprint density at radius 1 is 1.07 bits per heavy atom. The van der Waals surface area contributed by atoms with Gasteiger partial charge in [0.05, 0.1) is 16.2 Å². The lowest BCUT2D eigenvalue weighted by Gasteiger charge is -2.18. The Bertz CT molecular complexity index is 845. The van der Waals surface area contributed by atoms with E-state index in [1.54, 1.807) is 29.2 Å². The van der Waals surface area contributed by atoms with Gasteiger partial charge >= 0.3 is 0 Å². The number of nitro benzene ring substituents is 1. The molecule has 0 unspecified atom stereocenters. The van der Waals surface area contributed by atoms with Crippen molar-refractivity contribution in [3.63, 3.8) is 0 Å². The number of likely N-dealkylation sites (tertiary alicyclic amines) is 1. The van der Waals surface area contributed by atoms with E-state index in [0.717, 1.165) is 25.9 Å². The second kappa shape index (κ2) is 8.31. The lowest BCUT2D eigenvalue weighted by molar-refractivity contribution is -0.384. The predicted molar refractivity (Wildman–Crippen MR) is 98.8 cm³/mol. The van der Waals surface area contributed by atoms with Crippen LogP contribution in [0.1, 0.15) is 23.2 Å². The molecule has 3 rings (SSSR count). The van der Waals surface area contributed by atoms with Crippen LogP contribution in [0.2, 0.25) is 0 Å². The molecule has 1 N–H and O–H groups in total. The smallest absolute Gasteiger partial charge is 0.269 e. The third kappa shape index (κ3) is 4.60. The number of carbonyl (C=O) groups excluding carboxylic acids is 2. The zero-order chi connectivity index (χ0) is 19.2. The number of para-hydroxylation sites is 1. The Labute approximate surface area is 155 Å². The average Bonchev–Trinajstić information content (AvgIpc) is 3.21. The van der Waals surface area contributed by atoms with Crippen molar-refractivity contribution < 1.29 is 19.2 Å². The number of nitrogens with one attached hydrogen (secondary N) is 1. The van der Waals surface area contributed by atoms with E-state index in [1.165, 1.54) is 24.3 Å². The number of non-ortho nitro benzene ring substituents is 1. The molecule has 0 bridgehead atoms. The maximum atomic E-state index is 12.6. The third-order valence-corrected chi connectivity index (χ3v) is 4.24. The third-order valence-electron chi connectivity index (χ3n) is 4.24. The Morgan fingerprint density at radius 3 is 2.41 bits per heavy atom. The van der Waals surface area contributed by atoms with E-state index in [2.05, 4.69) is 5.32 Å². The molecule has 0 aromatic heterocycles. The van der Waals surface area contributed by atoms with Gasteiger partial charge in [0.2, 0.25) is 0 Å². The number of rotatable bonds is 6. The Morgan fingerprint density at radius 2 is 1.74 bits per heavy atom. The predicted octanol–water partition coefficient (Wildman–Crippen LogP) is 2.85. The number of hydrogen-bond donors (Lipinski definition) is 1. The van der Waals surface area contributed by atoms with Gasteiger partial charge in [-0.1, -0.05) is 12.1 Å². The summed E-state index contributed by atoms with van der Waals surface area (Å²) in [5.74, 6) is -0.174. The van der Waals surface area contributed by atoms with Crippen LogP contribution in [0.4, 0.5) is 11.4 Å². The molecule has 2 amide bonds. The molecule has 8 heteroatoms. The highest BCUT2D eigenvalue weighted by Crippen LogP contribution is 2.21. The molecule has 1 fully saturated rings. The molecule has 27 heavy (non-hydrogen) atoms. The molecule has 0 radical (unpaired) electrons. The van der Waals surface area contributed by atoms with Gasteiger partial charge in [-0.25, -0.2) is 0 Å². The van der Waals surface area contributed by atoms with Gasteiger partial charge in [-0.05, 0) is 37.1 Å². The van der Waals surface area contributed by atoms with Crippen LogP contribution in [-0.2, 0) is 4.79 Å². The Kier molecular flexibility index (Phi) is 5.65. The van der Waals surface area contributed by atoms with E-state index < -0.39 is 10.8 Å². The van der Waals surface area contributed by atoms with Crippen molar-refractivity contribution in [1.82, 2.24) is 4.90 Å². The number of carbonyl (C=O) groups is 2. The fourth-order valence-corrected chi connectivity index (χ4v) is 2.87. The van der Waals surface area contributed by atoms with Gasteiger partial charge in [0.15, 0.2) is 6.61 Å². The summed E-state index contributed by atoms with van der Waals surface area (Å²) in [5.41, 5.74) is 0.830. The minimum absolute atomic E-state index is 0.0545. The molecule has 1 aliphatic heterocycles. The zero-order valence-corrected chi connectivity index (χ0v) is 14.6. The van der Waals surface area contributed by atoms with E-state index >= 15 is 0 Å². The monoisotopic (exact) mass is 369 g/mol. The van der Waals surface area contributed by atoms with Crippen molar-refractivity contribution in [1.29, 1.82) is 0 Å². The quantitative estimate of drug-likeness (QED) is 0.623. The molecule has 1 saturated heterocycles. The first-order chi connectivity index (χ1) is 13.0. The maximum absolute atomic E-state index is 12.6. The first-order valence-electron chi connectivity index (χ1n) is 8.60. The van der Waals surface area contributed by atoms with Gasteiger partial charge < -0.3 is 15.0 Å². The minimum atomic E-state index is -0.509. The van der Waals surface area contributed by atoms with Gasteiger partial charge in [0.25, 0.3) is 17.5 Å². The molecular formula is C19H19N3O5. The number of anilines is 1. The maximum Gasteiger partial charge on any atom is 0.269 e. The molecule has 8 nitrogen and oxygen atoms in total. The van der Waals surface area contributed by atoms with Crippen molar-refractivity contribution in [3.8, 4) is 5.75 Å². The van der Waals surface area contributed by atoms with Crippen LogP contribution in [0.25, 0.3) is 0 Å². The summed E-state index contributed by atoms with van der Waals surface area (Å²) < 4.78 is 5.34. The summed E-state index contributed by atoms with van der Waals surface area (Å²) in [5, 5.41) is 13.3. The SMILES string of the molecule is O=C(COc1ccc([N+](=O)[O-])cc1)Nc1ccccc1C(=O)N1CCCC1. The van der Waals surface area contributed by atoms with Crippen molar-refractivity contribution in [3.05, 3.63) is 64.2 Å². The van der Waals surface area contributed by atoms with Crippen LogP contribution in [0.5, 0.6) is 5.75 Å². The van der Waals surface area contributed by atoms with E-state index in [4.69, 9.17) is 4.74 Å². The Balaban J connectivity index is 1.61. The van der Waals surface area contributed by atoms with Crippen LogP contribution in [-0.4, -0.2) is 41.3 Å². The topological polar surface area (TPSA) is 102 Å². The second-order valence-electron chi connectivity index (χ2n) is 6.13. The van der Waals surface area contributed by atoms with Gasteiger partial charge in [0, 0.05) is 25.2 Å². The lowest BCUT2D eigenvalue weighted by Crippen LogP contribution is -2.29. The van der Waals surface area contributed by atoms with Crippen LogP contribution in [0.15, 0.2) is 48.5 Å². The summed E-state index contributed by atoms with van der Waals surface area (Å²) in [7, 11) is 0. The van der Waals surface area contributed by atoms with E-state index in [-0.39, 0.29) is 18.2 Å². The van der Waals surface area contributed by atoms with E-state index in [1.807, 2.05) is 0 Å². The van der Waals surface area contributed by atoms with Crippen molar-refractivity contribution in [2.45, 2.75) is 12.8 Å². The van der Waals surface area contributed by atoms with Crippen LogP contribution in [0.3, 0.4) is 0 Å². The van der Waals surface area contributed by atoms with Gasteiger partial charge in [-0.15, -0.1) is 0 Å². The molecule has 0 aliphatic carbocycles. The summed E-state index contributed by atoms with van der Waals surface area (Å²) in [6, 6.07) is 12.3. The first kappa shape index (κ1) is 18.4. The number of nitrogens with zero attached hydrogens (tertiary/aromatic N) is 2. The van der Waals surface area contributed by atoms with Crippen LogP contribution >= 0.6 is 0 Å². The van der Waals surface area contributed by atoms with Gasteiger partial charge in [-0.2, -0.15) is 0 Å². The molecule has 1 aliphatic rings. The van der Waals surface area contributed by atoms with Crippen molar-refractivity contribution in [2.75, 3.05) is 25.0 Å². The number of amides is 2. The summed E-state index contributed by atoms with van der Waals surface area (Å²) >= 11 is 0. The zero-order valence-electron chi connectivity index (χ0n) is 14.6. The van der Waals surface area contributed by atoms with Gasteiger partial charge in [-0.3, -0.25) is 19.7 Å². The fourth-order valence-electron chi connectivity index (χ4n) is 2.87. The van der Waals surface area contributed by atoms with Crippen molar-refractivity contribution in [2.24, 2.45) is 0 Å². The van der Waals surface area contributed by atoms with Crippen molar-refractivity contribution >= 4 is 23.2 Å². The average molecular weight is 369 g/mol. The molecule has 2 aromatic carbocycles. The first-order valence-corrected chi connectivity index (χ1v) is 8.60. The van der Waals surface area contributed by atoms with Crippen LogP contribution in [0, 0.1) is 10.1 Å². The molecule has 1 heterocycles. The molecule has 0 spiro atoms. The fraction of sp³-hybridized carbons (Fsp3) is 0.263. The number of benzene rings is 2.